The van der Waals surface area contributed by atoms with E-state index in [1.54, 1.807) is 0 Å². The maximum absolute atomic E-state index is 12.2. The zero-order valence-corrected chi connectivity index (χ0v) is 12.9. The van der Waals surface area contributed by atoms with E-state index < -0.39 is 12.0 Å². The van der Waals surface area contributed by atoms with Gasteiger partial charge in [0.25, 0.3) is 0 Å². The molecular formula is C15H28N2O3. The fraction of sp³-hybridized carbons (Fsp3) is 0.867. The second kappa shape index (κ2) is 8.12. The largest absolute Gasteiger partial charge is 0.480 e. The number of rotatable bonds is 6. The zero-order chi connectivity index (χ0) is 15.1. The molecule has 1 rings (SSSR count). The number of carbonyl (C=O) groups excluding carboxylic acids is 1. The highest BCUT2D eigenvalue weighted by molar-refractivity contribution is 5.83. The fourth-order valence-corrected chi connectivity index (χ4v) is 2.63. The first-order valence-electron chi connectivity index (χ1n) is 7.71. The monoisotopic (exact) mass is 284 g/mol. The van der Waals surface area contributed by atoms with Crippen LogP contribution in [0.4, 0.5) is 4.79 Å². The molecule has 5 heteroatoms. The molecule has 116 valence electrons. The average Bonchev–Trinajstić information content (AvgIpc) is 2.38. The lowest BCUT2D eigenvalue weighted by Gasteiger charge is -2.33. The Hall–Kier alpha value is -1.26. The Labute approximate surface area is 121 Å². The number of hydrogen-bond donors (Lipinski definition) is 2. The Morgan fingerprint density at radius 2 is 1.95 bits per heavy atom. The predicted molar refractivity (Wildman–Crippen MR) is 78.7 cm³/mol. The van der Waals surface area contributed by atoms with Crippen molar-refractivity contribution in [2.24, 2.45) is 5.92 Å². The molecule has 0 saturated carbocycles. The Bertz CT molecular complexity index is 331. The summed E-state index contributed by atoms with van der Waals surface area (Å²) >= 11 is 0. The lowest BCUT2D eigenvalue weighted by Crippen LogP contribution is -2.53. The Balaban J connectivity index is 2.41. The molecule has 2 unspecified atom stereocenters. The average molecular weight is 284 g/mol. The fourth-order valence-electron chi connectivity index (χ4n) is 2.63. The molecule has 1 aliphatic rings. The third kappa shape index (κ3) is 5.39. The van der Waals surface area contributed by atoms with Gasteiger partial charge >= 0.3 is 12.0 Å². The van der Waals surface area contributed by atoms with Crippen molar-refractivity contribution in [3.63, 3.8) is 0 Å². The van der Waals surface area contributed by atoms with E-state index in [9.17, 15) is 14.7 Å². The van der Waals surface area contributed by atoms with Gasteiger partial charge in [-0.3, -0.25) is 0 Å². The van der Waals surface area contributed by atoms with E-state index in [-0.39, 0.29) is 12.1 Å². The third-order valence-corrected chi connectivity index (χ3v) is 3.84. The van der Waals surface area contributed by atoms with Crippen LogP contribution in [0.1, 0.15) is 59.3 Å². The molecule has 0 aromatic heterocycles. The van der Waals surface area contributed by atoms with Gasteiger partial charge in [-0.05, 0) is 38.5 Å². The van der Waals surface area contributed by atoms with E-state index in [0.29, 0.717) is 18.9 Å². The number of piperidine rings is 1. The zero-order valence-electron chi connectivity index (χ0n) is 12.9. The Morgan fingerprint density at radius 1 is 1.25 bits per heavy atom. The van der Waals surface area contributed by atoms with Gasteiger partial charge in [0.05, 0.1) is 0 Å². The van der Waals surface area contributed by atoms with Crippen LogP contribution in [0.3, 0.4) is 0 Å². The molecule has 0 aromatic carbocycles. The van der Waals surface area contributed by atoms with Crippen LogP contribution >= 0.6 is 0 Å². The van der Waals surface area contributed by atoms with Crippen molar-refractivity contribution < 1.29 is 14.7 Å². The number of aliphatic carboxylic acids is 1. The summed E-state index contributed by atoms with van der Waals surface area (Å²) in [5.41, 5.74) is 0. The molecule has 0 spiro atoms. The minimum Gasteiger partial charge on any atom is -0.480 e. The van der Waals surface area contributed by atoms with E-state index in [4.69, 9.17) is 0 Å². The summed E-state index contributed by atoms with van der Waals surface area (Å²) in [4.78, 5) is 24.8. The summed E-state index contributed by atoms with van der Waals surface area (Å²) < 4.78 is 0. The summed E-state index contributed by atoms with van der Waals surface area (Å²) in [6.07, 6.45) is 5.51. The lowest BCUT2D eigenvalue weighted by molar-refractivity contribution is -0.143. The molecule has 1 heterocycles. The molecule has 0 radical (unpaired) electrons. The van der Waals surface area contributed by atoms with Crippen molar-refractivity contribution in [1.82, 2.24) is 10.2 Å². The maximum atomic E-state index is 12.2. The number of amides is 2. The number of hydrogen-bond acceptors (Lipinski definition) is 2. The molecule has 0 aromatic rings. The maximum Gasteiger partial charge on any atom is 0.326 e. The van der Waals surface area contributed by atoms with Crippen LogP contribution in [0.5, 0.6) is 0 Å². The van der Waals surface area contributed by atoms with Crippen LogP contribution in [0.25, 0.3) is 0 Å². The topological polar surface area (TPSA) is 69.6 Å². The van der Waals surface area contributed by atoms with Gasteiger partial charge in [0.2, 0.25) is 0 Å². The van der Waals surface area contributed by atoms with Crippen LogP contribution in [-0.2, 0) is 4.79 Å². The first kappa shape index (κ1) is 16.8. The van der Waals surface area contributed by atoms with Crippen LogP contribution in [-0.4, -0.2) is 40.6 Å². The summed E-state index contributed by atoms with van der Waals surface area (Å²) in [5.74, 6) is -0.219. The number of nitrogens with zero attached hydrogens (tertiary/aromatic N) is 1. The SMILES string of the molecule is CC(C)CCCC(C)NC(=O)N1CCCCC1C(=O)O. The lowest BCUT2D eigenvalue weighted by atomic mass is 10.0. The van der Waals surface area contributed by atoms with Gasteiger partial charge < -0.3 is 15.3 Å². The van der Waals surface area contributed by atoms with Gasteiger partial charge in [-0.2, -0.15) is 0 Å². The van der Waals surface area contributed by atoms with E-state index in [1.807, 2.05) is 6.92 Å². The molecule has 2 amide bonds. The molecule has 1 aliphatic heterocycles. The van der Waals surface area contributed by atoms with Crippen molar-refractivity contribution in [2.45, 2.75) is 71.4 Å². The summed E-state index contributed by atoms with van der Waals surface area (Å²) in [7, 11) is 0. The highest BCUT2D eigenvalue weighted by atomic mass is 16.4. The minimum atomic E-state index is -0.896. The van der Waals surface area contributed by atoms with Gasteiger partial charge in [-0.25, -0.2) is 9.59 Å². The van der Waals surface area contributed by atoms with Gasteiger partial charge in [-0.15, -0.1) is 0 Å². The van der Waals surface area contributed by atoms with Gasteiger partial charge in [0, 0.05) is 12.6 Å². The van der Waals surface area contributed by atoms with Crippen LogP contribution in [0.15, 0.2) is 0 Å². The van der Waals surface area contributed by atoms with Crippen molar-refractivity contribution in [2.75, 3.05) is 6.54 Å². The van der Waals surface area contributed by atoms with E-state index in [2.05, 4.69) is 19.2 Å². The Morgan fingerprint density at radius 3 is 2.55 bits per heavy atom. The molecule has 0 bridgehead atoms. The number of carbonyl (C=O) groups is 2. The van der Waals surface area contributed by atoms with Crippen LogP contribution in [0.2, 0.25) is 0 Å². The van der Waals surface area contributed by atoms with Gasteiger partial charge in [0.15, 0.2) is 0 Å². The van der Waals surface area contributed by atoms with Crippen molar-refractivity contribution >= 4 is 12.0 Å². The molecule has 2 atom stereocenters. The van der Waals surface area contributed by atoms with Gasteiger partial charge in [-0.1, -0.05) is 26.7 Å². The van der Waals surface area contributed by atoms with E-state index >= 15 is 0 Å². The normalized spacial score (nSPS) is 20.8. The molecule has 5 nitrogen and oxygen atoms in total. The second-order valence-electron chi connectivity index (χ2n) is 6.22. The quantitative estimate of drug-likeness (QED) is 0.788. The van der Waals surface area contributed by atoms with Crippen molar-refractivity contribution in [1.29, 1.82) is 0 Å². The predicted octanol–water partition coefficient (Wildman–Crippen LogP) is 2.85. The van der Waals surface area contributed by atoms with E-state index in [0.717, 1.165) is 32.1 Å². The van der Waals surface area contributed by atoms with Crippen LogP contribution in [0, 0.1) is 5.92 Å². The minimum absolute atomic E-state index is 0.0950. The summed E-state index contributed by atoms with van der Waals surface area (Å²) in [5, 5.41) is 12.1. The third-order valence-electron chi connectivity index (χ3n) is 3.84. The van der Waals surface area contributed by atoms with Crippen molar-refractivity contribution in [3.05, 3.63) is 0 Å². The number of likely N-dealkylation sites (tertiary alicyclic amines) is 1. The first-order chi connectivity index (χ1) is 9.41. The molecule has 0 aliphatic carbocycles. The second-order valence-corrected chi connectivity index (χ2v) is 6.22. The molecular weight excluding hydrogens is 256 g/mol. The number of urea groups is 1. The number of carboxylic acid groups (broad SMARTS) is 1. The highest BCUT2D eigenvalue weighted by Gasteiger charge is 2.32. The molecule has 1 saturated heterocycles. The standard InChI is InChI=1S/C15H28N2O3/c1-11(2)7-6-8-12(3)16-15(20)17-10-5-4-9-13(17)14(18)19/h11-13H,4-10H2,1-3H3,(H,16,20)(H,18,19). The summed E-state index contributed by atoms with van der Waals surface area (Å²) in [6, 6.07) is -0.793. The number of carboxylic acids is 1. The van der Waals surface area contributed by atoms with Crippen molar-refractivity contribution in [3.8, 4) is 0 Å². The Kier molecular flexibility index (Phi) is 6.82. The van der Waals surface area contributed by atoms with Crippen LogP contribution < -0.4 is 5.32 Å². The highest BCUT2D eigenvalue weighted by Crippen LogP contribution is 2.17. The van der Waals surface area contributed by atoms with Gasteiger partial charge in [0.1, 0.15) is 6.04 Å². The molecule has 1 fully saturated rings. The number of nitrogens with one attached hydrogen (secondary N) is 1. The smallest absolute Gasteiger partial charge is 0.326 e. The molecule has 20 heavy (non-hydrogen) atoms. The molecule has 2 N–H and O–H groups in total. The first-order valence-corrected chi connectivity index (χ1v) is 7.71. The summed E-state index contributed by atoms with van der Waals surface area (Å²) in [6.45, 7) is 6.91. The van der Waals surface area contributed by atoms with E-state index in [1.165, 1.54) is 4.90 Å².